The number of hydrogen-bond acceptors (Lipinski definition) is 5. The molecule has 0 saturated carbocycles. The van der Waals surface area contributed by atoms with Crippen LogP contribution in [0.2, 0.25) is 0 Å². The standard InChI is InChI=1S/C13H26N3O4/c14-6-8-19-10-11-20-9-7-16-13(18)5-3-1-2-4-12(15)17/h15H,1-11,14H2,(H,16,18). The maximum absolute atomic E-state index is 11.4. The van der Waals surface area contributed by atoms with Gasteiger partial charge in [-0.1, -0.05) is 6.42 Å². The molecule has 20 heavy (non-hydrogen) atoms. The van der Waals surface area contributed by atoms with Crippen molar-refractivity contribution in [2.24, 2.45) is 5.73 Å². The third-order valence-electron chi connectivity index (χ3n) is 2.51. The maximum Gasteiger partial charge on any atom is 0.238 e. The van der Waals surface area contributed by atoms with Gasteiger partial charge in [0.1, 0.15) is 0 Å². The minimum Gasteiger partial charge on any atom is -0.378 e. The van der Waals surface area contributed by atoms with E-state index in [1.165, 1.54) is 0 Å². The van der Waals surface area contributed by atoms with E-state index in [4.69, 9.17) is 20.9 Å². The van der Waals surface area contributed by atoms with E-state index in [1.807, 2.05) is 0 Å². The summed E-state index contributed by atoms with van der Waals surface area (Å²) in [5.74, 6) is -0.549. The van der Waals surface area contributed by atoms with Crippen molar-refractivity contribution in [2.75, 3.05) is 39.5 Å². The van der Waals surface area contributed by atoms with Crippen LogP contribution in [0.4, 0.5) is 0 Å². The molecule has 0 fully saturated rings. The lowest BCUT2D eigenvalue weighted by Crippen LogP contribution is -2.27. The molecular formula is C13H26N3O4. The number of carbonyl (C=O) groups is 2. The van der Waals surface area contributed by atoms with Gasteiger partial charge in [0.25, 0.3) is 0 Å². The zero-order chi connectivity index (χ0) is 15.1. The van der Waals surface area contributed by atoms with Crippen LogP contribution in [0.5, 0.6) is 0 Å². The fourth-order valence-electron chi connectivity index (χ4n) is 1.50. The molecule has 0 atom stereocenters. The van der Waals surface area contributed by atoms with E-state index < -0.39 is 5.91 Å². The topological polar surface area (TPSA) is 114 Å². The molecule has 0 rings (SSSR count). The summed E-state index contributed by atoms with van der Waals surface area (Å²) in [4.78, 5) is 21.8. The van der Waals surface area contributed by atoms with Crippen LogP contribution in [0.3, 0.4) is 0 Å². The van der Waals surface area contributed by atoms with E-state index in [0.717, 1.165) is 12.8 Å². The summed E-state index contributed by atoms with van der Waals surface area (Å²) < 4.78 is 10.4. The Kier molecular flexibility index (Phi) is 13.4. The molecule has 0 aliphatic heterocycles. The molecule has 4 N–H and O–H groups in total. The number of rotatable bonds is 14. The highest BCUT2D eigenvalue weighted by atomic mass is 16.5. The molecule has 0 saturated heterocycles. The summed E-state index contributed by atoms with van der Waals surface area (Å²) in [6.45, 7) is 3.00. The molecule has 2 amide bonds. The Hall–Kier alpha value is -1.18. The first-order valence-electron chi connectivity index (χ1n) is 7.03. The molecule has 0 unspecified atom stereocenters. The predicted octanol–water partition coefficient (Wildman–Crippen LogP) is -0.145. The summed E-state index contributed by atoms with van der Waals surface area (Å²) in [6, 6.07) is 0. The Morgan fingerprint density at radius 2 is 1.60 bits per heavy atom. The van der Waals surface area contributed by atoms with Crippen LogP contribution in [0, 0.1) is 0 Å². The number of nitrogens with one attached hydrogen (secondary N) is 2. The fraction of sp³-hybridized carbons (Fsp3) is 0.846. The van der Waals surface area contributed by atoms with Gasteiger partial charge in [0, 0.05) is 25.9 Å². The summed E-state index contributed by atoms with van der Waals surface area (Å²) in [7, 11) is 0. The highest BCUT2D eigenvalue weighted by Crippen LogP contribution is 2.02. The molecule has 0 aromatic carbocycles. The van der Waals surface area contributed by atoms with Crippen LogP contribution in [-0.2, 0) is 19.1 Å². The van der Waals surface area contributed by atoms with Crippen molar-refractivity contribution in [3.8, 4) is 0 Å². The smallest absolute Gasteiger partial charge is 0.238 e. The number of hydrogen-bond donors (Lipinski definition) is 2. The van der Waals surface area contributed by atoms with Gasteiger partial charge < -0.3 is 20.5 Å². The molecule has 0 aliphatic rings. The predicted molar refractivity (Wildman–Crippen MR) is 74.9 cm³/mol. The Morgan fingerprint density at radius 1 is 0.950 bits per heavy atom. The van der Waals surface area contributed by atoms with Crippen LogP contribution >= 0.6 is 0 Å². The van der Waals surface area contributed by atoms with E-state index in [-0.39, 0.29) is 12.3 Å². The van der Waals surface area contributed by atoms with E-state index in [0.29, 0.717) is 52.4 Å². The number of carbonyl (C=O) groups excluding carboxylic acids is 2. The molecular weight excluding hydrogens is 262 g/mol. The summed E-state index contributed by atoms with van der Waals surface area (Å²) in [5, 5.41) is 2.76. The lowest BCUT2D eigenvalue weighted by Gasteiger charge is -2.06. The van der Waals surface area contributed by atoms with E-state index in [2.05, 4.69) is 5.32 Å². The fourth-order valence-corrected chi connectivity index (χ4v) is 1.50. The highest BCUT2D eigenvalue weighted by molar-refractivity contribution is 5.75. The maximum atomic E-state index is 11.4. The van der Waals surface area contributed by atoms with Crippen LogP contribution in [0.15, 0.2) is 0 Å². The molecule has 0 aromatic rings. The van der Waals surface area contributed by atoms with Gasteiger partial charge in [0.15, 0.2) is 0 Å². The van der Waals surface area contributed by atoms with E-state index >= 15 is 0 Å². The van der Waals surface area contributed by atoms with E-state index in [9.17, 15) is 9.59 Å². The Bertz CT molecular complexity index is 262. The Labute approximate surface area is 120 Å². The minimum absolute atomic E-state index is 0.00909. The van der Waals surface area contributed by atoms with Crippen molar-refractivity contribution in [3.05, 3.63) is 0 Å². The average Bonchev–Trinajstić information content (AvgIpc) is 2.41. The second-order valence-corrected chi connectivity index (χ2v) is 4.35. The lowest BCUT2D eigenvalue weighted by atomic mass is 10.1. The summed E-state index contributed by atoms with van der Waals surface area (Å²) in [5.41, 5.74) is 12.0. The Balaban J connectivity index is 3.18. The lowest BCUT2D eigenvalue weighted by molar-refractivity contribution is -0.121. The van der Waals surface area contributed by atoms with Gasteiger partial charge in [-0.3, -0.25) is 15.3 Å². The van der Waals surface area contributed by atoms with Crippen LogP contribution in [-0.4, -0.2) is 51.3 Å². The van der Waals surface area contributed by atoms with Crippen molar-refractivity contribution in [2.45, 2.75) is 32.1 Å². The zero-order valence-electron chi connectivity index (χ0n) is 12.0. The van der Waals surface area contributed by atoms with E-state index in [1.54, 1.807) is 0 Å². The van der Waals surface area contributed by atoms with Gasteiger partial charge >= 0.3 is 0 Å². The van der Waals surface area contributed by atoms with Crippen molar-refractivity contribution < 1.29 is 19.1 Å². The van der Waals surface area contributed by atoms with Gasteiger partial charge in [-0.25, -0.2) is 0 Å². The van der Waals surface area contributed by atoms with Gasteiger partial charge in [-0.05, 0) is 12.8 Å². The number of nitrogens with two attached hydrogens (primary N) is 1. The molecule has 7 heteroatoms. The van der Waals surface area contributed by atoms with Gasteiger partial charge in [-0.2, -0.15) is 0 Å². The molecule has 0 aliphatic carbocycles. The Morgan fingerprint density at radius 3 is 2.25 bits per heavy atom. The third-order valence-corrected chi connectivity index (χ3v) is 2.51. The highest BCUT2D eigenvalue weighted by Gasteiger charge is 2.01. The monoisotopic (exact) mass is 288 g/mol. The number of unbranched alkanes of at least 4 members (excludes halogenated alkanes) is 2. The summed E-state index contributed by atoms with van der Waals surface area (Å²) in [6.07, 6.45) is 2.95. The van der Waals surface area contributed by atoms with Crippen LogP contribution < -0.4 is 16.8 Å². The molecule has 0 spiro atoms. The molecule has 1 radical (unpaired) electrons. The van der Waals surface area contributed by atoms with Crippen molar-refractivity contribution in [1.29, 1.82) is 0 Å². The molecule has 7 nitrogen and oxygen atoms in total. The first-order chi connectivity index (χ1) is 9.66. The molecule has 0 aromatic heterocycles. The van der Waals surface area contributed by atoms with Gasteiger partial charge in [0.2, 0.25) is 11.8 Å². The second kappa shape index (κ2) is 14.2. The molecule has 0 bridgehead atoms. The van der Waals surface area contributed by atoms with Crippen molar-refractivity contribution in [3.63, 3.8) is 0 Å². The SMILES string of the molecule is [NH]C(=O)CCCCCC(=O)NCCOCCOCCN. The second-order valence-electron chi connectivity index (χ2n) is 4.35. The largest absolute Gasteiger partial charge is 0.378 e. The quantitative estimate of drug-likeness (QED) is 0.432. The minimum atomic E-state index is -0.540. The van der Waals surface area contributed by atoms with Crippen molar-refractivity contribution in [1.82, 2.24) is 11.1 Å². The first kappa shape index (κ1) is 18.8. The normalized spacial score (nSPS) is 10.4. The van der Waals surface area contributed by atoms with Crippen LogP contribution in [0.25, 0.3) is 0 Å². The summed E-state index contributed by atoms with van der Waals surface area (Å²) >= 11 is 0. The van der Waals surface area contributed by atoms with Crippen molar-refractivity contribution >= 4 is 11.8 Å². The van der Waals surface area contributed by atoms with Gasteiger partial charge in [0.05, 0.1) is 26.4 Å². The average molecular weight is 288 g/mol. The molecule has 117 valence electrons. The zero-order valence-corrected chi connectivity index (χ0v) is 12.0. The van der Waals surface area contributed by atoms with Gasteiger partial charge in [-0.15, -0.1) is 0 Å². The number of amides is 2. The first-order valence-corrected chi connectivity index (χ1v) is 7.03. The number of ether oxygens (including phenoxy) is 2. The van der Waals surface area contributed by atoms with Crippen LogP contribution in [0.1, 0.15) is 32.1 Å². The third kappa shape index (κ3) is 14.9. The molecule has 0 heterocycles.